The molecule has 2 rings (SSSR count). The number of rotatable bonds is 6. The summed E-state index contributed by atoms with van der Waals surface area (Å²) in [4.78, 5) is 21.5. The number of benzene rings is 1. The first kappa shape index (κ1) is 14.0. The second-order valence-electron chi connectivity index (χ2n) is 4.68. The summed E-state index contributed by atoms with van der Waals surface area (Å²) in [7, 11) is 0. The summed E-state index contributed by atoms with van der Waals surface area (Å²) in [5.74, 6) is 0.205. The van der Waals surface area contributed by atoms with E-state index in [0.29, 0.717) is 6.54 Å². The molecule has 0 saturated carbocycles. The van der Waals surface area contributed by atoms with Gasteiger partial charge in [-0.3, -0.25) is 14.9 Å². The minimum Gasteiger partial charge on any atom is -0.309 e. The maximum atomic E-state index is 11.1. The molecule has 6 heteroatoms. The van der Waals surface area contributed by atoms with Gasteiger partial charge in [-0.1, -0.05) is 6.07 Å². The predicted octanol–water partition coefficient (Wildman–Crippen LogP) is 2.02. The molecule has 0 aliphatic heterocycles. The van der Waals surface area contributed by atoms with E-state index in [4.69, 9.17) is 11.6 Å². The van der Waals surface area contributed by atoms with Crippen molar-refractivity contribution in [3.8, 4) is 0 Å². The maximum absolute atomic E-state index is 11.1. The van der Waals surface area contributed by atoms with Crippen molar-refractivity contribution >= 4 is 23.1 Å². The van der Waals surface area contributed by atoms with E-state index in [2.05, 4.69) is 5.32 Å². The number of fused-ring (bicyclic) bond motifs is 1. The van der Waals surface area contributed by atoms with Crippen molar-refractivity contribution in [1.29, 1.82) is 0 Å². The van der Waals surface area contributed by atoms with Crippen LogP contribution in [0.1, 0.15) is 23.5 Å². The Balaban J connectivity index is 2.02. The highest BCUT2D eigenvalue weighted by molar-refractivity contribution is 6.27. The van der Waals surface area contributed by atoms with Crippen LogP contribution in [-0.2, 0) is 11.2 Å². The fourth-order valence-electron chi connectivity index (χ4n) is 2.43. The van der Waals surface area contributed by atoms with E-state index >= 15 is 0 Å². The van der Waals surface area contributed by atoms with Crippen molar-refractivity contribution in [3.05, 3.63) is 39.4 Å². The smallest absolute Gasteiger partial charge is 0.269 e. The third kappa shape index (κ3) is 3.30. The number of carbonyl (C=O) groups is 1. The minimum absolute atomic E-state index is 0.0136. The van der Waals surface area contributed by atoms with Crippen LogP contribution in [-0.4, -0.2) is 29.7 Å². The number of hydrogen-bond donors (Lipinski definition) is 1. The zero-order chi connectivity index (χ0) is 13.8. The molecule has 0 bridgehead atoms. The summed E-state index contributed by atoms with van der Waals surface area (Å²) < 4.78 is 0. The van der Waals surface area contributed by atoms with Crippen LogP contribution in [0.25, 0.3) is 0 Å². The molecule has 5 nitrogen and oxygen atoms in total. The summed E-state index contributed by atoms with van der Waals surface area (Å²) in [6.07, 6.45) is 1.89. The van der Waals surface area contributed by atoms with E-state index in [9.17, 15) is 14.9 Å². The van der Waals surface area contributed by atoms with E-state index in [1.807, 2.05) is 6.07 Å². The SMILES string of the molecule is O=C(CCl)CNCC1CCc2ccc([N+](=O)[O-])cc21. The van der Waals surface area contributed by atoms with Crippen molar-refractivity contribution in [2.75, 3.05) is 19.0 Å². The Hall–Kier alpha value is -1.46. The lowest BCUT2D eigenvalue weighted by molar-refractivity contribution is -0.384. The molecule has 102 valence electrons. The van der Waals surface area contributed by atoms with Crippen LogP contribution in [0.3, 0.4) is 0 Å². The molecule has 1 aliphatic carbocycles. The molecular weight excluding hydrogens is 268 g/mol. The number of nitro groups is 1. The number of alkyl halides is 1. The Bertz CT molecular complexity index is 505. The molecule has 0 fully saturated rings. The zero-order valence-corrected chi connectivity index (χ0v) is 11.2. The average Bonchev–Trinajstić information content (AvgIpc) is 2.81. The fraction of sp³-hybridized carbons (Fsp3) is 0.462. The van der Waals surface area contributed by atoms with Gasteiger partial charge in [0.25, 0.3) is 5.69 Å². The van der Waals surface area contributed by atoms with Crippen LogP contribution in [0.2, 0.25) is 0 Å². The van der Waals surface area contributed by atoms with Crippen LogP contribution < -0.4 is 5.32 Å². The molecule has 1 N–H and O–H groups in total. The van der Waals surface area contributed by atoms with E-state index in [0.717, 1.165) is 18.4 Å². The molecule has 1 atom stereocenters. The fourth-order valence-corrected chi connectivity index (χ4v) is 2.53. The largest absolute Gasteiger partial charge is 0.309 e. The number of non-ortho nitro benzene ring substituents is 1. The predicted molar refractivity (Wildman–Crippen MR) is 72.8 cm³/mol. The second-order valence-corrected chi connectivity index (χ2v) is 4.95. The summed E-state index contributed by atoms with van der Waals surface area (Å²) in [6, 6.07) is 5.03. The van der Waals surface area contributed by atoms with Crippen LogP contribution in [0, 0.1) is 10.1 Å². The standard InChI is InChI=1S/C13H15ClN2O3/c14-6-12(17)8-15-7-10-2-1-9-3-4-11(16(18)19)5-13(9)10/h3-5,10,15H,1-2,6-8H2. The van der Waals surface area contributed by atoms with Gasteiger partial charge in [0.15, 0.2) is 5.78 Å². The Morgan fingerprint density at radius 1 is 1.53 bits per heavy atom. The molecule has 1 aromatic rings. The molecule has 0 spiro atoms. The molecule has 0 aromatic heterocycles. The van der Waals surface area contributed by atoms with Crippen molar-refractivity contribution in [2.24, 2.45) is 0 Å². The summed E-state index contributed by atoms with van der Waals surface area (Å²) in [5.41, 5.74) is 2.32. The van der Waals surface area contributed by atoms with Crippen molar-refractivity contribution < 1.29 is 9.72 Å². The lowest BCUT2D eigenvalue weighted by Gasteiger charge is -2.12. The number of nitrogens with one attached hydrogen (secondary N) is 1. The molecule has 19 heavy (non-hydrogen) atoms. The number of nitrogens with zero attached hydrogens (tertiary/aromatic N) is 1. The van der Waals surface area contributed by atoms with E-state index in [1.54, 1.807) is 12.1 Å². The average molecular weight is 283 g/mol. The first-order chi connectivity index (χ1) is 9.11. The van der Waals surface area contributed by atoms with Crippen LogP contribution >= 0.6 is 11.6 Å². The number of halogens is 1. The van der Waals surface area contributed by atoms with Gasteiger partial charge in [0.2, 0.25) is 0 Å². The Morgan fingerprint density at radius 3 is 3.00 bits per heavy atom. The van der Waals surface area contributed by atoms with Gasteiger partial charge in [-0.05, 0) is 29.9 Å². The number of hydrogen-bond acceptors (Lipinski definition) is 4. The topological polar surface area (TPSA) is 72.2 Å². The van der Waals surface area contributed by atoms with Gasteiger partial charge in [0.05, 0.1) is 17.3 Å². The minimum atomic E-state index is -0.375. The summed E-state index contributed by atoms with van der Waals surface area (Å²) in [6.45, 7) is 0.904. The Kier molecular flexibility index (Phi) is 4.50. The van der Waals surface area contributed by atoms with Gasteiger partial charge in [-0.2, -0.15) is 0 Å². The normalized spacial score (nSPS) is 17.2. The Labute approximate surface area is 116 Å². The summed E-state index contributed by atoms with van der Waals surface area (Å²) >= 11 is 5.42. The van der Waals surface area contributed by atoms with Crippen LogP contribution in [0.5, 0.6) is 0 Å². The van der Waals surface area contributed by atoms with Gasteiger partial charge in [-0.25, -0.2) is 0 Å². The molecule has 1 unspecified atom stereocenters. The van der Waals surface area contributed by atoms with Gasteiger partial charge in [0.1, 0.15) is 0 Å². The van der Waals surface area contributed by atoms with Gasteiger partial charge < -0.3 is 5.32 Å². The quantitative estimate of drug-likeness (QED) is 0.492. The first-order valence-corrected chi connectivity index (χ1v) is 6.71. The first-order valence-electron chi connectivity index (χ1n) is 6.17. The molecule has 1 aliphatic rings. The third-order valence-corrected chi connectivity index (χ3v) is 3.70. The van der Waals surface area contributed by atoms with Gasteiger partial charge in [-0.15, -0.1) is 11.6 Å². The molecule has 0 amide bonds. The zero-order valence-electron chi connectivity index (χ0n) is 10.4. The lowest BCUT2D eigenvalue weighted by Crippen LogP contribution is -2.27. The molecule has 0 saturated heterocycles. The third-order valence-electron chi connectivity index (χ3n) is 3.40. The van der Waals surface area contributed by atoms with Crippen molar-refractivity contribution in [2.45, 2.75) is 18.8 Å². The number of Topliss-reactive ketones (excluding diaryl/α,β-unsaturated/α-hetero) is 1. The number of aryl methyl sites for hydroxylation is 1. The molecule has 1 aromatic carbocycles. The van der Waals surface area contributed by atoms with E-state index < -0.39 is 0 Å². The molecule has 0 radical (unpaired) electrons. The second kappa shape index (κ2) is 6.12. The van der Waals surface area contributed by atoms with E-state index in [-0.39, 0.29) is 34.7 Å². The summed E-state index contributed by atoms with van der Waals surface area (Å²) in [5, 5.41) is 13.8. The lowest BCUT2D eigenvalue weighted by atomic mass is 10.0. The highest BCUT2D eigenvalue weighted by Gasteiger charge is 2.24. The number of ketones is 1. The van der Waals surface area contributed by atoms with Gasteiger partial charge >= 0.3 is 0 Å². The molecular formula is C13H15ClN2O3. The highest BCUT2D eigenvalue weighted by Crippen LogP contribution is 2.34. The number of nitro benzene ring substituents is 1. The van der Waals surface area contributed by atoms with E-state index in [1.165, 1.54) is 5.56 Å². The maximum Gasteiger partial charge on any atom is 0.269 e. The van der Waals surface area contributed by atoms with Crippen LogP contribution in [0.15, 0.2) is 18.2 Å². The monoisotopic (exact) mass is 282 g/mol. The molecule has 0 heterocycles. The van der Waals surface area contributed by atoms with Gasteiger partial charge in [0, 0.05) is 18.7 Å². The van der Waals surface area contributed by atoms with Crippen LogP contribution in [0.4, 0.5) is 5.69 Å². The highest BCUT2D eigenvalue weighted by atomic mass is 35.5. The number of carbonyl (C=O) groups excluding carboxylic acids is 1. The van der Waals surface area contributed by atoms with Crippen molar-refractivity contribution in [3.63, 3.8) is 0 Å². The van der Waals surface area contributed by atoms with Crippen molar-refractivity contribution in [1.82, 2.24) is 5.32 Å². The Morgan fingerprint density at radius 2 is 2.32 bits per heavy atom.